The summed E-state index contributed by atoms with van der Waals surface area (Å²) in [6.07, 6.45) is 3.68. The minimum absolute atomic E-state index is 0.0159. The average molecular weight is 372 g/mol. The van der Waals surface area contributed by atoms with Crippen LogP contribution in [0.2, 0.25) is 0 Å². The smallest absolute Gasteiger partial charge is 0.316 e. The second-order valence-corrected chi connectivity index (χ2v) is 7.67. The second-order valence-electron chi connectivity index (χ2n) is 7.67. The number of piperidine rings is 2. The van der Waals surface area contributed by atoms with Crippen LogP contribution in [0.1, 0.15) is 43.0 Å². The predicted octanol–water partition coefficient (Wildman–Crippen LogP) is 2.29. The van der Waals surface area contributed by atoms with E-state index in [1.54, 1.807) is 29.2 Å². The van der Waals surface area contributed by atoms with Crippen molar-refractivity contribution >= 4 is 23.5 Å². The number of benzene rings is 1. The highest BCUT2D eigenvalue weighted by atomic mass is 16.2. The normalized spacial score (nSPS) is 21.0. The highest BCUT2D eigenvalue weighted by Crippen LogP contribution is 2.24. The standard InChI is InChI=1S/C20H28N4O3/c1-14-4-3-9-24(13-14)18(25)15-7-10-23(11-8-15)19(26)16-5-2-6-17(12-16)22-20(21)27/h2,5-6,12,14-15H,3-4,7-11,13H2,1H3,(H3,21,22,27)/t14-/m1/s1. The lowest BCUT2D eigenvalue weighted by atomic mass is 9.92. The third-order valence-corrected chi connectivity index (χ3v) is 5.48. The number of nitrogens with zero attached hydrogens (tertiary/aromatic N) is 2. The van der Waals surface area contributed by atoms with E-state index >= 15 is 0 Å². The molecule has 0 radical (unpaired) electrons. The topological polar surface area (TPSA) is 95.7 Å². The zero-order chi connectivity index (χ0) is 19.4. The van der Waals surface area contributed by atoms with E-state index in [2.05, 4.69) is 12.2 Å². The first-order valence-corrected chi connectivity index (χ1v) is 9.68. The zero-order valence-electron chi connectivity index (χ0n) is 15.8. The Hall–Kier alpha value is -2.57. The first-order valence-electron chi connectivity index (χ1n) is 9.68. The summed E-state index contributed by atoms with van der Waals surface area (Å²) in [6.45, 7) is 5.07. The molecule has 0 bridgehead atoms. The molecule has 0 spiro atoms. The van der Waals surface area contributed by atoms with Gasteiger partial charge in [-0.25, -0.2) is 4.79 Å². The molecule has 146 valence electrons. The van der Waals surface area contributed by atoms with Gasteiger partial charge in [0.05, 0.1) is 0 Å². The van der Waals surface area contributed by atoms with Crippen LogP contribution in [0.5, 0.6) is 0 Å². The number of urea groups is 1. The van der Waals surface area contributed by atoms with Crippen LogP contribution in [-0.4, -0.2) is 53.8 Å². The Morgan fingerprint density at radius 3 is 2.48 bits per heavy atom. The zero-order valence-corrected chi connectivity index (χ0v) is 15.8. The van der Waals surface area contributed by atoms with E-state index in [1.807, 2.05) is 4.90 Å². The fraction of sp³-hybridized carbons (Fsp3) is 0.550. The molecule has 0 saturated carbocycles. The van der Waals surface area contributed by atoms with Crippen LogP contribution in [-0.2, 0) is 4.79 Å². The van der Waals surface area contributed by atoms with Gasteiger partial charge in [-0.2, -0.15) is 0 Å². The van der Waals surface area contributed by atoms with Gasteiger partial charge in [-0.05, 0) is 49.8 Å². The van der Waals surface area contributed by atoms with Gasteiger partial charge in [0.2, 0.25) is 5.91 Å². The van der Waals surface area contributed by atoms with E-state index in [-0.39, 0.29) is 17.7 Å². The summed E-state index contributed by atoms with van der Waals surface area (Å²) in [5, 5.41) is 2.48. The molecule has 2 aliphatic heterocycles. The fourth-order valence-electron chi connectivity index (χ4n) is 4.03. The maximum absolute atomic E-state index is 12.8. The van der Waals surface area contributed by atoms with Crippen molar-refractivity contribution in [1.29, 1.82) is 0 Å². The van der Waals surface area contributed by atoms with Gasteiger partial charge < -0.3 is 20.9 Å². The predicted molar refractivity (Wildman–Crippen MR) is 103 cm³/mol. The minimum atomic E-state index is -0.661. The number of primary amides is 1. The molecule has 0 aliphatic carbocycles. The van der Waals surface area contributed by atoms with Gasteiger partial charge in [-0.1, -0.05) is 13.0 Å². The summed E-state index contributed by atoms with van der Waals surface area (Å²) in [5.41, 5.74) is 6.13. The Kier molecular flexibility index (Phi) is 5.98. The summed E-state index contributed by atoms with van der Waals surface area (Å²) >= 11 is 0. The fourth-order valence-corrected chi connectivity index (χ4v) is 4.03. The van der Waals surface area contributed by atoms with Gasteiger partial charge in [-0.15, -0.1) is 0 Å². The number of amides is 4. The quantitative estimate of drug-likeness (QED) is 0.852. The summed E-state index contributed by atoms with van der Waals surface area (Å²) in [4.78, 5) is 40.3. The van der Waals surface area contributed by atoms with E-state index in [9.17, 15) is 14.4 Å². The van der Waals surface area contributed by atoms with Crippen LogP contribution >= 0.6 is 0 Å². The lowest BCUT2D eigenvalue weighted by molar-refractivity contribution is -0.138. The lowest BCUT2D eigenvalue weighted by Crippen LogP contribution is -2.47. The van der Waals surface area contributed by atoms with Crippen LogP contribution < -0.4 is 11.1 Å². The Bertz CT molecular complexity index is 713. The molecule has 1 atom stereocenters. The van der Waals surface area contributed by atoms with Gasteiger partial charge >= 0.3 is 6.03 Å². The van der Waals surface area contributed by atoms with Gasteiger partial charge in [0.25, 0.3) is 5.91 Å². The number of rotatable bonds is 3. The Morgan fingerprint density at radius 2 is 1.81 bits per heavy atom. The molecule has 2 heterocycles. The number of hydrogen-bond donors (Lipinski definition) is 2. The largest absolute Gasteiger partial charge is 0.351 e. The maximum atomic E-state index is 12.8. The molecule has 4 amide bonds. The summed E-state index contributed by atoms with van der Waals surface area (Å²) in [6, 6.07) is 6.09. The van der Waals surface area contributed by atoms with Crippen molar-refractivity contribution in [2.45, 2.75) is 32.6 Å². The van der Waals surface area contributed by atoms with Gasteiger partial charge in [0, 0.05) is 43.3 Å². The molecule has 1 aromatic rings. The first kappa shape index (κ1) is 19.2. The van der Waals surface area contributed by atoms with Crippen molar-refractivity contribution in [2.24, 2.45) is 17.6 Å². The molecule has 0 unspecified atom stereocenters. The van der Waals surface area contributed by atoms with Crippen LogP contribution in [0, 0.1) is 11.8 Å². The van der Waals surface area contributed by atoms with E-state index < -0.39 is 6.03 Å². The molecule has 27 heavy (non-hydrogen) atoms. The Labute approximate surface area is 159 Å². The van der Waals surface area contributed by atoms with Crippen LogP contribution in [0.25, 0.3) is 0 Å². The van der Waals surface area contributed by atoms with E-state index in [0.717, 1.165) is 19.5 Å². The van der Waals surface area contributed by atoms with Crippen LogP contribution in [0.15, 0.2) is 24.3 Å². The molecule has 7 nitrogen and oxygen atoms in total. The molecule has 1 aromatic carbocycles. The third kappa shape index (κ3) is 4.78. The molecule has 7 heteroatoms. The number of nitrogens with one attached hydrogen (secondary N) is 1. The highest BCUT2D eigenvalue weighted by molar-refractivity contribution is 5.96. The van der Waals surface area contributed by atoms with Crippen molar-refractivity contribution < 1.29 is 14.4 Å². The van der Waals surface area contributed by atoms with Crippen LogP contribution in [0.4, 0.5) is 10.5 Å². The van der Waals surface area contributed by atoms with E-state index in [4.69, 9.17) is 5.73 Å². The SMILES string of the molecule is C[C@@H]1CCCN(C(=O)C2CCN(C(=O)c3cccc(NC(N)=O)c3)CC2)C1. The lowest BCUT2D eigenvalue weighted by Gasteiger charge is -2.37. The van der Waals surface area contributed by atoms with Gasteiger partial charge in [-0.3, -0.25) is 9.59 Å². The number of carbonyl (C=O) groups excluding carboxylic acids is 3. The van der Waals surface area contributed by atoms with Crippen molar-refractivity contribution in [3.05, 3.63) is 29.8 Å². The summed E-state index contributed by atoms with van der Waals surface area (Å²) < 4.78 is 0. The van der Waals surface area contributed by atoms with Gasteiger partial charge in [0.15, 0.2) is 0 Å². The van der Waals surface area contributed by atoms with E-state index in [0.29, 0.717) is 43.1 Å². The van der Waals surface area contributed by atoms with Crippen LogP contribution in [0.3, 0.4) is 0 Å². The number of anilines is 1. The maximum Gasteiger partial charge on any atom is 0.316 e. The molecule has 0 aromatic heterocycles. The van der Waals surface area contributed by atoms with Crippen molar-refractivity contribution in [3.8, 4) is 0 Å². The van der Waals surface area contributed by atoms with Gasteiger partial charge in [0.1, 0.15) is 0 Å². The van der Waals surface area contributed by atoms with Crippen molar-refractivity contribution in [1.82, 2.24) is 9.80 Å². The van der Waals surface area contributed by atoms with E-state index in [1.165, 1.54) is 6.42 Å². The highest BCUT2D eigenvalue weighted by Gasteiger charge is 2.32. The monoisotopic (exact) mass is 372 g/mol. The second kappa shape index (κ2) is 8.41. The number of nitrogens with two attached hydrogens (primary N) is 1. The summed E-state index contributed by atoms with van der Waals surface area (Å²) in [7, 11) is 0. The number of hydrogen-bond acceptors (Lipinski definition) is 3. The molecule has 3 N–H and O–H groups in total. The Balaban J connectivity index is 1.56. The average Bonchev–Trinajstić information content (AvgIpc) is 2.66. The Morgan fingerprint density at radius 1 is 1.07 bits per heavy atom. The first-order chi connectivity index (χ1) is 12.9. The van der Waals surface area contributed by atoms with Crippen molar-refractivity contribution in [3.63, 3.8) is 0 Å². The summed E-state index contributed by atoms with van der Waals surface area (Å²) in [5.74, 6) is 0.759. The molecule has 2 fully saturated rings. The molecule has 3 rings (SSSR count). The third-order valence-electron chi connectivity index (χ3n) is 5.48. The molecule has 2 aliphatic rings. The minimum Gasteiger partial charge on any atom is -0.351 e. The molecular weight excluding hydrogens is 344 g/mol. The molecule has 2 saturated heterocycles. The number of likely N-dealkylation sites (tertiary alicyclic amines) is 2. The van der Waals surface area contributed by atoms with Crippen molar-refractivity contribution in [2.75, 3.05) is 31.5 Å². The molecular formula is C20H28N4O3. The number of carbonyl (C=O) groups is 3.